The molecule has 162 valence electrons. The van der Waals surface area contributed by atoms with Crippen molar-refractivity contribution in [3.8, 4) is 27.8 Å². The molecule has 0 unspecified atom stereocenters. The van der Waals surface area contributed by atoms with Crippen molar-refractivity contribution >= 4 is 54.1 Å². The number of halogens is 1. The molecule has 2 heterocycles. The smallest absolute Gasteiger partial charge is 0.270 e. The molecule has 0 saturated heterocycles. The van der Waals surface area contributed by atoms with Crippen molar-refractivity contribution in [2.75, 3.05) is 26.1 Å². The van der Waals surface area contributed by atoms with Gasteiger partial charge >= 0.3 is 0 Å². The van der Waals surface area contributed by atoms with Crippen LogP contribution >= 0.6 is 27.3 Å². The molecule has 0 spiro atoms. The lowest BCUT2D eigenvalue weighted by atomic mass is 10.1. The second-order valence-electron chi connectivity index (χ2n) is 6.15. The minimum absolute atomic E-state index is 0.0216. The maximum absolute atomic E-state index is 13.2. The summed E-state index contributed by atoms with van der Waals surface area (Å²) in [5.41, 5.74) is 1.09. The first-order valence-electron chi connectivity index (χ1n) is 8.71. The quantitative estimate of drug-likeness (QED) is 0.374. The Labute approximate surface area is 190 Å². The molecule has 0 amide bonds. The van der Waals surface area contributed by atoms with Crippen molar-refractivity contribution in [1.29, 1.82) is 0 Å². The van der Waals surface area contributed by atoms with Gasteiger partial charge in [-0.1, -0.05) is 11.2 Å². The van der Waals surface area contributed by atoms with E-state index < -0.39 is 10.0 Å². The lowest BCUT2D eigenvalue weighted by molar-refractivity contribution is 0.373. The van der Waals surface area contributed by atoms with Gasteiger partial charge in [0.2, 0.25) is 0 Å². The fourth-order valence-electron chi connectivity index (χ4n) is 3.04. The zero-order valence-corrected chi connectivity index (χ0v) is 19.7. The normalized spacial score (nSPS) is 11.5. The third-order valence-corrected chi connectivity index (χ3v) is 7.29. The number of aromatic nitrogens is 2. The van der Waals surface area contributed by atoms with Crippen molar-refractivity contribution in [1.82, 2.24) is 10.1 Å². The predicted molar refractivity (Wildman–Crippen MR) is 120 cm³/mol. The Morgan fingerprint density at radius 2 is 1.74 bits per heavy atom. The maximum Gasteiger partial charge on any atom is 0.270 e. The first-order valence-corrected chi connectivity index (χ1v) is 11.8. The third-order valence-electron chi connectivity index (χ3n) is 4.36. The van der Waals surface area contributed by atoms with Gasteiger partial charge in [-0.05, 0) is 40.2 Å². The number of nitrogens with zero attached hydrogens (tertiary/aromatic N) is 2. The molecule has 12 heteroatoms. The first-order chi connectivity index (χ1) is 14.9. The summed E-state index contributed by atoms with van der Waals surface area (Å²) in [6, 6.07) is 8.14. The first kappa shape index (κ1) is 21.4. The van der Waals surface area contributed by atoms with Crippen LogP contribution in [0.3, 0.4) is 0 Å². The highest BCUT2D eigenvalue weighted by Crippen LogP contribution is 2.40. The highest BCUT2D eigenvalue weighted by molar-refractivity contribution is 9.11. The molecule has 31 heavy (non-hydrogen) atoms. The van der Waals surface area contributed by atoms with Crippen LogP contribution in [0.1, 0.15) is 0 Å². The summed E-state index contributed by atoms with van der Waals surface area (Å²) >= 11 is 4.83. The molecule has 0 radical (unpaired) electrons. The second kappa shape index (κ2) is 8.36. The van der Waals surface area contributed by atoms with Crippen molar-refractivity contribution < 1.29 is 27.2 Å². The Hall–Kier alpha value is -2.83. The van der Waals surface area contributed by atoms with Gasteiger partial charge < -0.3 is 18.7 Å². The maximum atomic E-state index is 13.2. The zero-order chi connectivity index (χ0) is 22.2. The molecule has 2 aromatic carbocycles. The number of hydrogen-bond donors (Lipinski definition) is 1. The Morgan fingerprint density at radius 3 is 2.32 bits per heavy atom. The van der Waals surface area contributed by atoms with Gasteiger partial charge in [0.15, 0.2) is 16.3 Å². The van der Waals surface area contributed by atoms with E-state index in [-0.39, 0.29) is 22.2 Å². The summed E-state index contributed by atoms with van der Waals surface area (Å²) in [7, 11) is 0.0900. The number of fused-ring (bicyclic) bond motifs is 1. The summed E-state index contributed by atoms with van der Waals surface area (Å²) in [5, 5.41) is 5.03. The monoisotopic (exact) mass is 525 g/mol. The molecule has 0 aliphatic carbocycles. The third kappa shape index (κ3) is 3.93. The highest BCUT2D eigenvalue weighted by Gasteiger charge is 2.28. The number of nitrogens with one attached hydrogen (secondary N) is 1. The summed E-state index contributed by atoms with van der Waals surface area (Å²) in [4.78, 5) is 4.17. The lowest BCUT2D eigenvalue weighted by Crippen LogP contribution is -2.15. The number of benzene rings is 2. The van der Waals surface area contributed by atoms with Crippen LogP contribution in [0, 0.1) is 0 Å². The van der Waals surface area contributed by atoms with Crippen LogP contribution in [0.4, 0.5) is 5.82 Å². The Bertz CT molecular complexity index is 1340. The SMILES string of the molecule is COc1cccc(OC)c1S(=O)(=O)Nc1noc2cc(-c3ncc(Br)s3)cc(OC)c12. The van der Waals surface area contributed by atoms with Crippen LogP contribution in [0.15, 0.2) is 49.7 Å². The predicted octanol–water partition coefficient (Wildman–Crippen LogP) is 4.54. The van der Waals surface area contributed by atoms with Gasteiger partial charge in [-0.3, -0.25) is 4.72 Å². The highest BCUT2D eigenvalue weighted by atomic mass is 79.9. The van der Waals surface area contributed by atoms with Crippen molar-refractivity contribution in [3.63, 3.8) is 0 Å². The minimum Gasteiger partial charge on any atom is -0.496 e. The van der Waals surface area contributed by atoms with Gasteiger partial charge in [-0.2, -0.15) is 0 Å². The fraction of sp³-hybridized carbons (Fsp3) is 0.158. The summed E-state index contributed by atoms with van der Waals surface area (Å²) < 4.78 is 51.0. The molecule has 1 N–H and O–H groups in total. The summed E-state index contributed by atoms with van der Waals surface area (Å²) in [5.74, 6) is 0.614. The number of rotatable bonds is 7. The van der Waals surface area contributed by atoms with Crippen LogP contribution < -0.4 is 18.9 Å². The summed E-state index contributed by atoms with van der Waals surface area (Å²) in [6.07, 6.45) is 1.69. The molecule has 0 bridgehead atoms. The average molecular weight is 526 g/mol. The van der Waals surface area contributed by atoms with Crippen molar-refractivity contribution in [2.45, 2.75) is 4.90 Å². The van der Waals surface area contributed by atoms with Crippen LogP contribution in [-0.2, 0) is 10.0 Å². The van der Waals surface area contributed by atoms with E-state index >= 15 is 0 Å². The molecular formula is C19H16BrN3O6S2. The lowest BCUT2D eigenvalue weighted by Gasteiger charge is -2.14. The van der Waals surface area contributed by atoms with E-state index in [9.17, 15) is 8.42 Å². The molecular weight excluding hydrogens is 510 g/mol. The van der Waals surface area contributed by atoms with Gasteiger partial charge in [0.25, 0.3) is 10.0 Å². The van der Waals surface area contributed by atoms with Crippen LogP contribution in [-0.4, -0.2) is 39.9 Å². The molecule has 0 aliphatic rings. The van der Waals surface area contributed by atoms with Crippen LogP contribution in [0.5, 0.6) is 17.2 Å². The number of thiazole rings is 1. The topological polar surface area (TPSA) is 113 Å². The van der Waals surface area contributed by atoms with E-state index in [0.29, 0.717) is 16.7 Å². The standard InChI is InChI=1S/C19H16BrN3O6S2/c1-26-11-5-4-6-12(27-2)17(11)31(24,25)23-18-16-13(28-3)7-10(8-14(16)29-22-18)19-21-9-15(20)30-19/h4-9H,1-3H3,(H,22,23). The van der Waals surface area contributed by atoms with Gasteiger partial charge in [0.05, 0.1) is 31.3 Å². The molecule has 0 aliphatic heterocycles. The Balaban J connectivity index is 1.81. The molecule has 0 saturated carbocycles. The van der Waals surface area contributed by atoms with Gasteiger partial charge in [-0.25, -0.2) is 13.4 Å². The number of ether oxygens (including phenoxy) is 3. The van der Waals surface area contributed by atoms with E-state index in [1.165, 1.54) is 44.8 Å². The Kier molecular flexibility index (Phi) is 5.77. The second-order valence-corrected chi connectivity index (χ2v) is 10.2. The number of methoxy groups -OCH3 is 3. The van der Waals surface area contributed by atoms with Crippen LogP contribution in [0.25, 0.3) is 21.5 Å². The van der Waals surface area contributed by atoms with Crippen LogP contribution in [0.2, 0.25) is 0 Å². The molecule has 0 fully saturated rings. The zero-order valence-electron chi connectivity index (χ0n) is 16.5. The van der Waals surface area contributed by atoms with Crippen molar-refractivity contribution in [3.05, 3.63) is 40.3 Å². The number of sulfonamides is 1. The van der Waals surface area contributed by atoms with E-state index in [0.717, 1.165) is 14.4 Å². The summed E-state index contributed by atoms with van der Waals surface area (Å²) in [6.45, 7) is 0. The Morgan fingerprint density at radius 1 is 1.06 bits per heavy atom. The largest absolute Gasteiger partial charge is 0.496 e. The van der Waals surface area contributed by atoms with E-state index in [2.05, 4.69) is 30.8 Å². The molecule has 2 aromatic heterocycles. The molecule has 4 aromatic rings. The molecule has 4 rings (SSSR count). The molecule has 9 nitrogen and oxygen atoms in total. The number of hydrogen-bond acceptors (Lipinski definition) is 9. The van der Waals surface area contributed by atoms with E-state index in [1.807, 2.05) is 0 Å². The minimum atomic E-state index is -4.14. The fourth-order valence-corrected chi connectivity index (χ4v) is 5.56. The number of anilines is 1. The van der Waals surface area contributed by atoms with E-state index in [4.69, 9.17) is 18.7 Å². The van der Waals surface area contributed by atoms with E-state index in [1.54, 1.807) is 24.4 Å². The van der Waals surface area contributed by atoms with Gasteiger partial charge in [0, 0.05) is 5.56 Å². The van der Waals surface area contributed by atoms with Crippen molar-refractivity contribution in [2.24, 2.45) is 0 Å². The average Bonchev–Trinajstić information content (AvgIpc) is 3.38. The molecule has 0 atom stereocenters. The van der Waals surface area contributed by atoms with Gasteiger partial charge in [-0.15, -0.1) is 11.3 Å². The van der Waals surface area contributed by atoms with Gasteiger partial charge in [0.1, 0.15) is 27.6 Å².